The molecule has 0 bridgehead atoms. The molecular weight excluding hydrogens is 343 g/mol. The van der Waals surface area contributed by atoms with Crippen LogP contribution in [0.3, 0.4) is 0 Å². The zero-order valence-electron chi connectivity index (χ0n) is 12.8. The highest BCUT2D eigenvalue weighted by atomic mass is 19.4. The molecule has 0 aliphatic carbocycles. The number of carbonyl (C=O) groups excluding carboxylic acids is 1. The van der Waals surface area contributed by atoms with Gasteiger partial charge in [0.2, 0.25) is 0 Å². The number of rotatable bonds is 3. The first-order chi connectivity index (χ1) is 11.8. The Morgan fingerprint density at radius 1 is 1.32 bits per heavy atom. The SMILES string of the molecule is O=C(O)c1nn(C2CCCCO2)c2ccc(NC(=O)C(F)(F)F)cc12. The predicted molar refractivity (Wildman–Crippen MR) is 80.2 cm³/mol. The van der Waals surface area contributed by atoms with Crippen LogP contribution in [0.25, 0.3) is 10.9 Å². The number of benzene rings is 1. The topological polar surface area (TPSA) is 93.4 Å². The summed E-state index contributed by atoms with van der Waals surface area (Å²) in [5.74, 6) is -3.45. The summed E-state index contributed by atoms with van der Waals surface area (Å²) in [5.41, 5.74) is -0.0666. The molecule has 25 heavy (non-hydrogen) atoms. The van der Waals surface area contributed by atoms with Crippen LogP contribution in [0.1, 0.15) is 36.0 Å². The van der Waals surface area contributed by atoms with Crippen molar-refractivity contribution >= 4 is 28.5 Å². The molecule has 1 aliphatic heterocycles. The molecule has 1 atom stereocenters. The minimum atomic E-state index is -5.04. The lowest BCUT2D eigenvalue weighted by Crippen LogP contribution is -2.29. The summed E-state index contributed by atoms with van der Waals surface area (Å²) in [5, 5.41) is 15.2. The molecule has 134 valence electrons. The summed E-state index contributed by atoms with van der Waals surface area (Å²) < 4.78 is 44.1. The molecule has 1 unspecified atom stereocenters. The molecule has 2 heterocycles. The van der Waals surface area contributed by atoms with Gasteiger partial charge in [-0.2, -0.15) is 18.3 Å². The van der Waals surface area contributed by atoms with Crippen LogP contribution in [0.5, 0.6) is 0 Å². The van der Waals surface area contributed by atoms with E-state index in [1.54, 1.807) is 5.32 Å². The molecule has 1 aromatic carbocycles. The Balaban J connectivity index is 2.01. The van der Waals surface area contributed by atoms with Gasteiger partial charge in [0, 0.05) is 17.7 Å². The van der Waals surface area contributed by atoms with Gasteiger partial charge in [0.1, 0.15) is 0 Å². The number of alkyl halides is 3. The van der Waals surface area contributed by atoms with E-state index in [-0.39, 0.29) is 16.8 Å². The fourth-order valence-electron chi connectivity index (χ4n) is 2.71. The smallest absolute Gasteiger partial charge is 0.471 e. The van der Waals surface area contributed by atoms with Crippen molar-refractivity contribution in [2.24, 2.45) is 0 Å². The summed E-state index contributed by atoms with van der Waals surface area (Å²) in [4.78, 5) is 22.5. The van der Waals surface area contributed by atoms with E-state index in [9.17, 15) is 27.9 Å². The number of amides is 1. The number of carboxylic acid groups (broad SMARTS) is 1. The number of carbonyl (C=O) groups is 2. The molecule has 1 amide bonds. The second-order valence-corrected chi connectivity index (χ2v) is 5.60. The minimum Gasteiger partial charge on any atom is -0.476 e. The van der Waals surface area contributed by atoms with Gasteiger partial charge >= 0.3 is 18.1 Å². The molecule has 0 spiro atoms. The number of hydrogen-bond donors (Lipinski definition) is 2. The van der Waals surface area contributed by atoms with Gasteiger partial charge in [0.15, 0.2) is 11.9 Å². The molecule has 2 N–H and O–H groups in total. The van der Waals surface area contributed by atoms with Crippen molar-refractivity contribution in [1.82, 2.24) is 9.78 Å². The quantitative estimate of drug-likeness (QED) is 0.881. The summed E-state index contributed by atoms with van der Waals surface area (Å²) in [7, 11) is 0. The van der Waals surface area contributed by atoms with Crippen molar-refractivity contribution < 1.29 is 32.6 Å². The lowest BCUT2D eigenvalue weighted by molar-refractivity contribution is -0.167. The van der Waals surface area contributed by atoms with Crippen molar-refractivity contribution in [2.75, 3.05) is 11.9 Å². The lowest BCUT2D eigenvalue weighted by Gasteiger charge is -2.23. The maximum absolute atomic E-state index is 12.4. The van der Waals surface area contributed by atoms with E-state index >= 15 is 0 Å². The Bertz CT molecular complexity index is 825. The predicted octanol–water partition coefficient (Wildman–Crippen LogP) is 2.93. The zero-order chi connectivity index (χ0) is 18.2. The first kappa shape index (κ1) is 17.2. The first-order valence-electron chi connectivity index (χ1n) is 7.52. The van der Waals surface area contributed by atoms with E-state index in [0.29, 0.717) is 18.5 Å². The zero-order valence-corrected chi connectivity index (χ0v) is 12.8. The molecule has 0 saturated carbocycles. The van der Waals surface area contributed by atoms with Crippen molar-refractivity contribution in [3.63, 3.8) is 0 Å². The van der Waals surface area contributed by atoms with Gasteiger partial charge in [0.05, 0.1) is 5.52 Å². The number of aromatic nitrogens is 2. The molecule has 1 aliphatic rings. The van der Waals surface area contributed by atoms with Crippen LogP contribution in [0.2, 0.25) is 0 Å². The largest absolute Gasteiger partial charge is 0.476 e. The summed E-state index contributed by atoms with van der Waals surface area (Å²) in [6, 6.07) is 3.84. The molecule has 3 rings (SSSR count). The van der Waals surface area contributed by atoms with Gasteiger partial charge in [-0.15, -0.1) is 0 Å². The number of nitrogens with one attached hydrogen (secondary N) is 1. The molecular formula is C15H14F3N3O4. The lowest BCUT2D eigenvalue weighted by atomic mass is 10.1. The summed E-state index contributed by atoms with van der Waals surface area (Å²) in [6.07, 6.45) is -3.02. The third kappa shape index (κ3) is 3.43. The molecule has 1 saturated heterocycles. The fourth-order valence-corrected chi connectivity index (χ4v) is 2.71. The number of anilines is 1. The van der Waals surface area contributed by atoms with Crippen LogP contribution < -0.4 is 5.32 Å². The van der Waals surface area contributed by atoms with Crippen LogP contribution in [-0.2, 0) is 9.53 Å². The van der Waals surface area contributed by atoms with E-state index in [1.165, 1.54) is 16.8 Å². The van der Waals surface area contributed by atoms with E-state index in [4.69, 9.17) is 4.74 Å². The number of ether oxygens (including phenoxy) is 1. The van der Waals surface area contributed by atoms with Gasteiger partial charge in [-0.25, -0.2) is 9.48 Å². The highest BCUT2D eigenvalue weighted by molar-refractivity contribution is 6.04. The normalized spacial score (nSPS) is 18.3. The number of nitrogens with zero attached hydrogens (tertiary/aromatic N) is 2. The number of hydrogen-bond acceptors (Lipinski definition) is 4. The van der Waals surface area contributed by atoms with E-state index < -0.39 is 24.3 Å². The number of halogens is 3. The second kappa shape index (κ2) is 6.36. The number of fused-ring (bicyclic) bond motifs is 1. The Hall–Kier alpha value is -2.62. The fraction of sp³-hybridized carbons (Fsp3) is 0.400. The highest BCUT2D eigenvalue weighted by Crippen LogP contribution is 2.30. The highest BCUT2D eigenvalue weighted by Gasteiger charge is 2.38. The van der Waals surface area contributed by atoms with Crippen molar-refractivity contribution in [1.29, 1.82) is 0 Å². The Kier molecular flexibility index (Phi) is 4.38. The average molecular weight is 357 g/mol. The summed E-state index contributed by atoms with van der Waals surface area (Å²) >= 11 is 0. The Morgan fingerprint density at radius 2 is 2.08 bits per heavy atom. The molecule has 10 heteroatoms. The molecule has 1 aromatic heterocycles. The van der Waals surface area contributed by atoms with E-state index in [0.717, 1.165) is 18.9 Å². The van der Waals surface area contributed by atoms with E-state index in [2.05, 4.69) is 5.10 Å². The maximum atomic E-state index is 12.4. The van der Waals surface area contributed by atoms with E-state index in [1.807, 2.05) is 0 Å². The van der Waals surface area contributed by atoms with Crippen LogP contribution in [0.15, 0.2) is 18.2 Å². The molecule has 2 aromatic rings. The van der Waals surface area contributed by atoms with Crippen LogP contribution in [-0.4, -0.2) is 39.5 Å². The van der Waals surface area contributed by atoms with Gasteiger partial charge in [-0.1, -0.05) is 0 Å². The average Bonchev–Trinajstić information content (AvgIpc) is 2.94. The third-order valence-electron chi connectivity index (χ3n) is 3.85. The van der Waals surface area contributed by atoms with Gasteiger partial charge in [-0.05, 0) is 37.5 Å². The van der Waals surface area contributed by atoms with Crippen molar-refractivity contribution in [2.45, 2.75) is 31.7 Å². The number of aromatic carboxylic acids is 1. The maximum Gasteiger partial charge on any atom is 0.471 e. The summed E-state index contributed by atoms with van der Waals surface area (Å²) in [6.45, 7) is 0.522. The number of carboxylic acids is 1. The Morgan fingerprint density at radius 3 is 2.68 bits per heavy atom. The van der Waals surface area contributed by atoms with Crippen molar-refractivity contribution in [3.8, 4) is 0 Å². The van der Waals surface area contributed by atoms with Gasteiger partial charge < -0.3 is 15.2 Å². The molecule has 0 radical (unpaired) electrons. The third-order valence-corrected chi connectivity index (χ3v) is 3.85. The molecule has 1 fully saturated rings. The molecule has 7 nitrogen and oxygen atoms in total. The van der Waals surface area contributed by atoms with Crippen LogP contribution >= 0.6 is 0 Å². The van der Waals surface area contributed by atoms with Gasteiger partial charge in [-0.3, -0.25) is 4.79 Å². The van der Waals surface area contributed by atoms with Gasteiger partial charge in [0.25, 0.3) is 0 Å². The van der Waals surface area contributed by atoms with Crippen LogP contribution in [0, 0.1) is 0 Å². The standard InChI is InChI=1S/C15H14F3N3O4/c16-15(17,18)14(24)19-8-4-5-10-9(7-8)12(13(22)23)20-21(10)11-3-1-2-6-25-11/h4-5,7,11H,1-3,6H2,(H,19,24)(H,22,23). The van der Waals surface area contributed by atoms with Crippen molar-refractivity contribution in [3.05, 3.63) is 23.9 Å². The Labute approximate surface area is 139 Å². The first-order valence-corrected chi connectivity index (χ1v) is 7.52. The minimum absolute atomic E-state index is 0.127. The van der Waals surface area contributed by atoms with Crippen LogP contribution in [0.4, 0.5) is 18.9 Å². The monoisotopic (exact) mass is 357 g/mol. The second-order valence-electron chi connectivity index (χ2n) is 5.60.